The minimum absolute atomic E-state index is 0.00414. The van der Waals surface area contributed by atoms with Crippen molar-refractivity contribution in [3.63, 3.8) is 0 Å². The second-order valence-corrected chi connectivity index (χ2v) is 5.82. The van der Waals surface area contributed by atoms with E-state index in [4.69, 9.17) is 5.73 Å². The highest BCUT2D eigenvalue weighted by Crippen LogP contribution is 2.14. The van der Waals surface area contributed by atoms with Crippen molar-refractivity contribution in [2.45, 2.75) is 11.4 Å². The lowest BCUT2D eigenvalue weighted by Gasteiger charge is -2.08. The van der Waals surface area contributed by atoms with Crippen molar-refractivity contribution in [1.82, 2.24) is 24.1 Å². The molecular formula is C10H16N6O2S. The van der Waals surface area contributed by atoms with Crippen LogP contribution < -0.4 is 10.5 Å². The van der Waals surface area contributed by atoms with Crippen molar-refractivity contribution in [1.29, 1.82) is 0 Å². The summed E-state index contributed by atoms with van der Waals surface area (Å²) in [6.07, 6.45) is 3.58. The van der Waals surface area contributed by atoms with Crippen LogP contribution in [0.1, 0.15) is 5.69 Å². The Morgan fingerprint density at radius 2 is 2.16 bits per heavy atom. The largest absolute Gasteiger partial charge is 0.381 e. The summed E-state index contributed by atoms with van der Waals surface area (Å²) < 4.78 is 29.7. The van der Waals surface area contributed by atoms with Crippen molar-refractivity contribution >= 4 is 15.8 Å². The summed E-state index contributed by atoms with van der Waals surface area (Å²) in [7, 11) is -0.258. The second kappa shape index (κ2) is 5.02. The number of nitrogens with one attached hydrogen (secondary N) is 1. The number of rotatable bonds is 5. The van der Waals surface area contributed by atoms with Gasteiger partial charge in [0.05, 0.1) is 6.33 Å². The van der Waals surface area contributed by atoms with Gasteiger partial charge in [-0.3, -0.25) is 4.68 Å². The molecule has 2 aromatic heterocycles. The standard InChI is InChI=1S/C10H16N6O2S/c1-15-7-12-9(11)10(15)19(17,18)14-6-4-8-3-5-13-16(8)2/h3,5,7,14H,4,6,11H2,1-2H3. The highest BCUT2D eigenvalue weighted by atomic mass is 32.2. The molecule has 0 aromatic carbocycles. The zero-order chi connectivity index (χ0) is 14.0. The Morgan fingerprint density at radius 3 is 2.68 bits per heavy atom. The molecule has 0 aliphatic carbocycles. The molecule has 9 heteroatoms. The molecule has 3 N–H and O–H groups in total. The molecule has 2 heterocycles. The molecule has 0 amide bonds. The number of imidazole rings is 1. The first-order valence-electron chi connectivity index (χ1n) is 5.65. The van der Waals surface area contributed by atoms with Gasteiger partial charge in [0.1, 0.15) is 0 Å². The molecule has 0 atom stereocenters. The molecule has 2 rings (SSSR count). The first kappa shape index (κ1) is 13.6. The number of nitrogens with two attached hydrogens (primary N) is 1. The van der Waals surface area contributed by atoms with Gasteiger partial charge in [0.25, 0.3) is 10.0 Å². The van der Waals surface area contributed by atoms with E-state index in [0.717, 1.165) is 5.69 Å². The Hall–Kier alpha value is -1.87. The van der Waals surface area contributed by atoms with E-state index in [9.17, 15) is 8.42 Å². The number of nitrogen functional groups attached to an aromatic ring is 1. The molecular weight excluding hydrogens is 268 g/mol. The van der Waals surface area contributed by atoms with E-state index in [1.807, 2.05) is 13.1 Å². The molecule has 0 radical (unpaired) electrons. The monoisotopic (exact) mass is 284 g/mol. The molecule has 0 saturated heterocycles. The summed E-state index contributed by atoms with van der Waals surface area (Å²) in [5.41, 5.74) is 6.50. The van der Waals surface area contributed by atoms with Crippen LogP contribution >= 0.6 is 0 Å². The summed E-state index contributed by atoms with van der Waals surface area (Å²) in [6, 6.07) is 1.84. The maximum Gasteiger partial charge on any atom is 0.260 e. The molecule has 0 bridgehead atoms. The first-order chi connectivity index (χ1) is 8.92. The molecule has 104 valence electrons. The number of hydrogen-bond acceptors (Lipinski definition) is 5. The van der Waals surface area contributed by atoms with E-state index >= 15 is 0 Å². The van der Waals surface area contributed by atoms with Gasteiger partial charge in [0.15, 0.2) is 10.8 Å². The Morgan fingerprint density at radius 1 is 1.42 bits per heavy atom. The molecule has 0 spiro atoms. The molecule has 0 saturated carbocycles. The van der Waals surface area contributed by atoms with E-state index in [1.54, 1.807) is 17.9 Å². The van der Waals surface area contributed by atoms with E-state index < -0.39 is 10.0 Å². The summed E-state index contributed by atoms with van der Waals surface area (Å²) in [6.45, 7) is 0.270. The van der Waals surface area contributed by atoms with Crippen LogP contribution in [0.25, 0.3) is 0 Å². The minimum atomic E-state index is -3.65. The molecule has 0 unspecified atom stereocenters. The molecule has 19 heavy (non-hydrogen) atoms. The van der Waals surface area contributed by atoms with Gasteiger partial charge in [-0.15, -0.1) is 0 Å². The Balaban J connectivity index is 2.05. The zero-order valence-corrected chi connectivity index (χ0v) is 11.6. The van der Waals surface area contributed by atoms with Gasteiger partial charge in [-0.25, -0.2) is 18.1 Å². The van der Waals surface area contributed by atoms with Crippen molar-refractivity contribution in [2.24, 2.45) is 14.1 Å². The molecule has 8 nitrogen and oxygen atoms in total. The first-order valence-corrected chi connectivity index (χ1v) is 7.13. The lowest BCUT2D eigenvalue weighted by atomic mass is 10.3. The van der Waals surface area contributed by atoms with Gasteiger partial charge in [-0.1, -0.05) is 0 Å². The average Bonchev–Trinajstić information content (AvgIpc) is 2.86. The highest BCUT2D eigenvalue weighted by Gasteiger charge is 2.21. The van der Waals surface area contributed by atoms with Crippen molar-refractivity contribution in [2.75, 3.05) is 12.3 Å². The summed E-state index contributed by atoms with van der Waals surface area (Å²) in [4.78, 5) is 3.76. The van der Waals surface area contributed by atoms with Gasteiger partial charge >= 0.3 is 0 Å². The number of nitrogens with zero attached hydrogens (tertiary/aromatic N) is 4. The molecule has 0 fully saturated rings. The third-order valence-corrected chi connectivity index (χ3v) is 4.35. The topological polar surface area (TPSA) is 108 Å². The minimum Gasteiger partial charge on any atom is -0.381 e. The van der Waals surface area contributed by atoms with Gasteiger partial charge in [-0.2, -0.15) is 5.10 Å². The lowest BCUT2D eigenvalue weighted by Crippen LogP contribution is -2.28. The van der Waals surface area contributed by atoms with Crippen LogP contribution in [0.4, 0.5) is 5.82 Å². The fraction of sp³-hybridized carbons (Fsp3) is 0.400. The Labute approximate surface area is 111 Å². The summed E-state index contributed by atoms with van der Waals surface area (Å²) >= 11 is 0. The molecule has 2 aromatic rings. The summed E-state index contributed by atoms with van der Waals surface area (Å²) in [5.74, 6) is -0.00414. The highest BCUT2D eigenvalue weighted by molar-refractivity contribution is 7.89. The number of anilines is 1. The van der Waals surface area contributed by atoms with E-state index in [1.165, 1.54) is 10.9 Å². The van der Waals surface area contributed by atoms with Gasteiger partial charge < -0.3 is 10.3 Å². The average molecular weight is 284 g/mol. The van der Waals surface area contributed by atoms with Crippen LogP contribution in [-0.4, -0.2) is 34.3 Å². The Bertz CT molecular complexity index is 653. The maximum atomic E-state index is 12.1. The van der Waals surface area contributed by atoms with Gasteiger partial charge in [0.2, 0.25) is 0 Å². The number of aromatic nitrogens is 4. The Kier molecular flexibility index (Phi) is 3.58. The fourth-order valence-corrected chi connectivity index (χ4v) is 3.05. The quantitative estimate of drug-likeness (QED) is 0.751. The van der Waals surface area contributed by atoms with Crippen LogP contribution in [-0.2, 0) is 30.5 Å². The van der Waals surface area contributed by atoms with Crippen LogP contribution in [0.5, 0.6) is 0 Å². The third-order valence-electron chi connectivity index (χ3n) is 2.76. The number of sulfonamides is 1. The summed E-state index contributed by atoms with van der Waals surface area (Å²) in [5, 5.41) is 4.00. The molecule has 0 aliphatic heterocycles. The van der Waals surface area contributed by atoms with E-state index in [0.29, 0.717) is 6.42 Å². The van der Waals surface area contributed by atoms with Crippen LogP contribution in [0.15, 0.2) is 23.6 Å². The zero-order valence-electron chi connectivity index (χ0n) is 10.7. The normalized spacial score (nSPS) is 11.9. The number of hydrogen-bond donors (Lipinski definition) is 2. The predicted octanol–water partition coefficient (Wildman–Crippen LogP) is -0.743. The SMILES string of the molecule is Cn1cnc(N)c1S(=O)(=O)NCCc1ccnn1C. The van der Waals surface area contributed by atoms with Crippen molar-refractivity contribution < 1.29 is 8.42 Å². The molecule has 0 aliphatic rings. The lowest BCUT2D eigenvalue weighted by molar-refractivity contribution is 0.570. The van der Waals surface area contributed by atoms with Gasteiger partial charge in [0, 0.05) is 39.0 Å². The predicted molar refractivity (Wildman–Crippen MR) is 69.7 cm³/mol. The van der Waals surface area contributed by atoms with E-state index in [-0.39, 0.29) is 17.4 Å². The van der Waals surface area contributed by atoms with Crippen molar-refractivity contribution in [3.8, 4) is 0 Å². The van der Waals surface area contributed by atoms with Gasteiger partial charge in [-0.05, 0) is 6.07 Å². The number of aryl methyl sites for hydroxylation is 2. The van der Waals surface area contributed by atoms with E-state index in [2.05, 4.69) is 14.8 Å². The van der Waals surface area contributed by atoms with Crippen LogP contribution in [0.2, 0.25) is 0 Å². The second-order valence-electron chi connectivity index (χ2n) is 4.14. The smallest absolute Gasteiger partial charge is 0.260 e. The third kappa shape index (κ3) is 2.76. The van der Waals surface area contributed by atoms with Crippen LogP contribution in [0.3, 0.4) is 0 Å². The fourth-order valence-electron chi connectivity index (χ4n) is 1.79. The van der Waals surface area contributed by atoms with Crippen molar-refractivity contribution in [3.05, 3.63) is 24.3 Å². The maximum absolute atomic E-state index is 12.1. The van der Waals surface area contributed by atoms with Crippen LogP contribution in [0, 0.1) is 0 Å².